The Balaban J connectivity index is 1.60. The lowest BCUT2D eigenvalue weighted by Crippen LogP contribution is -2.32. The SMILES string of the molecule is O=S(=O)(NC(c1ccccc1)c1ccccc1)c1ccc(S(=O)(=O)N2CCCCCC2)cc1. The number of rotatable bonds is 7. The molecule has 0 radical (unpaired) electrons. The summed E-state index contributed by atoms with van der Waals surface area (Å²) in [6.07, 6.45) is 3.74. The van der Waals surface area contributed by atoms with Crippen LogP contribution in [0.25, 0.3) is 0 Å². The summed E-state index contributed by atoms with van der Waals surface area (Å²) in [6, 6.07) is 23.6. The minimum Gasteiger partial charge on any atom is -0.207 e. The van der Waals surface area contributed by atoms with Gasteiger partial charge in [-0.2, -0.15) is 9.03 Å². The third-order valence-corrected chi connectivity index (χ3v) is 9.23. The van der Waals surface area contributed by atoms with Crippen LogP contribution in [-0.4, -0.2) is 34.2 Å². The van der Waals surface area contributed by atoms with Gasteiger partial charge in [-0.25, -0.2) is 16.8 Å². The van der Waals surface area contributed by atoms with Crippen LogP contribution in [0.3, 0.4) is 0 Å². The molecule has 0 aliphatic carbocycles. The van der Waals surface area contributed by atoms with E-state index >= 15 is 0 Å². The molecule has 0 bridgehead atoms. The zero-order valence-electron chi connectivity index (χ0n) is 18.3. The summed E-state index contributed by atoms with van der Waals surface area (Å²) < 4.78 is 56.8. The first kappa shape index (κ1) is 23.6. The molecule has 3 aromatic carbocycles. The lowest BCUT2D eigenvalue weighted by molar-refractivity contribution is 0.423. The summed E-state index contributed by atoms with van der Waals surface area (Å²) in [5.74, 6) is 0. The van der Waals surface area contributed by atoms with Gasteiger partial charge in [0.1, 0.15) is 0 Å². The highest BCUT2D eigenvalue weighted by molar-refractivity contribution is 7.89. The highest BCUT2D eigenvalue weighted by atomic mass is 32.2. The van der Waals surface area contributed by atoms with Gasteiger partial charge < -0.3 is 0 Å². The standard InChI is InChI=1S/C25H28N2O4S2/c28-32(29,26-25(21-11-5-3-6-12-21)22-13-7-4-8-14-22)23-15-17-24(18-16-23)33(30,31)27-19-9-1-2-10-20-27/h3-8,11-18,25-26H,1-2,9-10,19-20H2. The highest BCUT2D eigenvalue weighted by Gasteiger charge is 2.27. The Morgan fingerprint density at radius 2 is 1.06 bits per heavy atom. The minimum atomic E-state index is -3.91. The predicted octanol–water partition coefficient (Wildman–Crippen LogP) is 4.32. The van der Waals surface area contributed by atoms with Crippen LogP contribution in [0.5, 0.6) is 0 Å². The first-order chi connectivity index (χ1) is 15.9. The fraction of sp³-hybridized carbons (Fsp3) is 0.280. The zero-order chi connectivity index (χ0) is 23.3. The van der Waals surface area contributed by atoms with Crippen LogP contribution in [0.15, 0.2) is 94.7 Å². The van der Waals surface area contributed by atoms with Gasteiger partial charge in [0.15, 0.2) is 0 Å². The van der Waals surface area contributed by atoms with E-state index in [0.717, 1.165) is 36.8 Å². The summed E-state index contributed by atoms with van der Waals surface area (Å²) in [5.41, 5.74) is 1.63. The van der Waals surface area contributed by atoms with Gasteiger partial charge in [0.05, 0.1) is 15.8 Å². The van der Waals surface area contributed by atoms with Gasteiger partial charge in [-0.05, 0) is 48.2 Å². The van der Waals surface area contributed by atoms with Gasteiger partial charge in [0.25, 0.3) is 0 Å². The number of hydrogen-bond donors (Lipinski definition) is 1. The molecular formula is C25H28N2O4S2. The Bertz CT molecular complexity index is 1210. The third kappa shape index (κ3) is 5.52. The van der Waals surface area contributed by atoms with E-state index in [4.69, 9.17) is 0 Å². The minimum absolute atomic E-state index is 0.0224. The van der Waals surface area contributed by atoms with E-state index in [1.54, 1.807) is 0 Å². The molecule has 3 aromatic rings. The summed E-state index contributed by atoms with van der Waals surface area (Å²) in [4.78, 5) is 0.139. The van der Waals surface area contributed by atoms with Crippen molar-refractivity contribution in [2.75, 3.05) is 13.1 Å². The van der Waals surface area contributed by atoms with Crippen molar-refractivity contribution in [3.63, 3.8) is 0 Å². The second-order valence-corrected chi connectivity index (χ2v) is 11.8. The fourth-order valence-corrected chi connectivity index (χ4v) is 6.79. The summed E-state index contributed by atoms with van der Waals surface area (Å²) >= 11 is 0. The maximum absolute atomic E-state index is 13.2. The van der Waals surface area contributed by atoms with Gasteiger partial charge in [0, 0.05) is 13.1 Å². The summed E-state index contributed by atoms with van der Waals surface area (Å²) in [5, 5.41) is 0. The summed E-state index contributed by atoms with van der Waals surface area (Å²) in [7, 11) is -7.55. The van der Waals surface area contributed by atoms with Gasteiger partial charge in [0.2, 0.25) is 20.0 Å². The second-order valence-electron chi connectivity index (χ2n) is 8.17. The molecule has 0 spiro atoms. The van der Waals surface area contributed by atoms with Crippen LogP contribution >= 0.6 is 0 Å². The van der Waals surface area contributed by atoms with Crippen LogP contribution in [-0.2, 0) is 20.0 Å². The molecule has 33 heavy (non-hydrogen) atoms. The Kier molecular flexibility index (Phi) is 7.29. The van der Waals surface area contributed by atoms with Crippen LogP contribution in [0.2, 0.25) is 0 Å². The predicted molar refractivity (Wildman–Crippen MR) is 129 cm³/mol. The Labute approximate surface area is 196 Å². The van der Waals surface area contributed by atoms with Crippen molar-refractivity contribution in [3.8, 4) is 0 Å². The first-order valence-corrected chi connectivity index (χ1v) is 14.0. The van der Waals surface area contributed by atoms with Gasteiger partial charge >= 0.3 is 0 Å². The molecule has 1 aliphatic heterocycles. The second kappa shape index (κ2) is 10.2. The summed E-state index contributed by atoms with van der Waals surface area (Å²) in [6.45, 7) is 1.000. The Morgan fingerprint density at radius 3 is 1.55 bits per heavy atom. The smallest absolute Gasteiger partial charge is 0.207 e. The van der Waals surface area contributed by atoms with Crippen molar-refractivity contribution < 1.29 is 16.8 Å². The lowest BCUT2D eigenvalue weighted by Gasteiger charge is -2.21. The van der Waals surface area contributed by atoms with E-state index in [9.17, 15) is 16.8 Å². The first-order valence-electron chi connectivity index (χ1n) is 11.1. The Hall–Kier alpha value is -2.52. The number of nitrogens with one attached hydrogen (secondary N) is 1. The molecule has 4 rings (SSSR count). The van der Waals surface area contributed by atoms with Gasteiger partial charge in [-0.1, -0.05) is 73.5 Å². The molecule has 174 valence electrons. The highest BCUT2D eigenvalue weighted by Crippen LogP contribution is 2.26. The molecule has 0 saturated carbocycles. The normalized spacial score (nSPS) is 15.9. The van der Waals surface area contributed by atoms with Crippen LogP contribution < -0.4 is 4.72 Å². The third-order valence-electron chi connectivity index (χ3n) is 5.88. The van der Waals surface area contributed by atoms with E-state index < -0.39 is 26.1 Å². The molecule has 0 atom stereocenters. The number of nitrogens with zero attached hydrogens (tertiary/aromatic N) is 1. The van der Waals surface area contributed by atoms with Crippen LogP contribution in [0.1, 0.15) is 42.9 Å². The molecule has 1 saturated heterocycles. The molecular weight excluding hydrogens is 456 g/mol. The molecule has 1 aliphatic rings. The maximum atomic E-state index is 13.2. The maximum Gasteiger partial charge on any atom is 0.243 e. The van der Waals surface area contributed by atoms with Crippen molar-refractivity contribution in [3.05, 3.63) is 96.1 Å². The lowest BCUT2D eigenvalue weighted by atomic mass is 10.00. The van der Waals surface area contributed by atoms with Crippen molar-refractivity contribution in [2.24, 2.45) is 0 Å². The van der Waals surface area contributed by atoms with Crippen molar-refractivity contribution in [2.45, 2.75) is 41.5 Å². The zero-order valence-corrected chi connectivity index (χ0v) is 19.9. The molecule has 0 unspecified atom stereocenters. The molecule has 1 heterocycles. The molecule has 0 amide bonds. The van der Waals surface area contributed by atoms with Crippen LogP contribution in [0.4, 0.5) is 0 Å². The van der Waals surface area contributed by atoms with E-state index in [0.29, 0.717) is 13.1 Å². The number of benzene rings is 3. The van der Waals surface area contributed by atoms with Crippen LogP contribution in [0, 0.1) is 0 Å². The fourth-order valence-electron chi connectivity index (χ4n) is 4.06. The Morgan fingerprint density at radius 1 is 0.606 bits per heavy atom. The topological polar surface area (TPSA) is 83.5 Å². The number of hydrogen-bond acceptors (Lipinski definition) is 4. The molecule has 1 fully saturated rings. The number of sulfonamides is 2. The van der Waals surface area contributed by atoms with Gasteiger partial charge in [-0.3, -0.25) is 0 Å². The molecule has 8 heteroatoms. The van der Waals surface area contributed by atoms with Crippen molar-refractivity contribution in [1.29, 1.82) is 0 Å². The van der Waals surface area contributed by atoms with Gasteiger partial charge in [-0.15, -0.1) is 0 Å². The molecule has 6 nitrogen and oxygen atoms in total. The van der Waals surface area contributed by atoms with E-state index in [2.05, 4.69) is 4.72 Å². The quantitative estimate of drug-likeness (QED) is 0.541. The molecule has 1 N–H and O–H groups in total. The average Bonchev–Trinajstić information content (AvgIpc) is 3.14. The van der Waals surface area contributed by atoms with E-state index in [1.165, 1.54) is 28.6 Å². The van der Waals surface area contributed by atoms with Crippen molar-refractivity contribution >= 4 is 20.0 Å². The largest absolute Gasteiger partial charge is 0.243 e. The molecule has 0 aromatic heterocycles. The van der Waals surface area contributed by atoms with E-state index in [-0.39, 0.29) is 9.79 Å². The monoisotopic (exact) mass is 484 g/mol. The van der Waals surface area contributed by atoms with Crippen molar-refractivity contribution in [1.82, 2.24) is 9.03 Å². The van der Waals surface area contributed by atoms with E-state index in [1.807, 2.05) is 60.7 Å². The average molecular weight is 485 g/mol.